The summed E-state index contributed by atoms with van der Waals surface area (Å²) < 4.78 is 10.6. The molecule has 0 fully saturated rings. The van der Waals surface area contributed by atoms with Crippen LogP contribution in [0.5, 0.6) is 0 Å². The minimum Gasteiger partial charge on any atom is -0.462 e. The highest BCUT2D eigenvalue weighted by Crippen LogP contribution is 2.34. The fourth-order valence-corrected chi connectivity index (χ4v) is 3.43. The first-order valence-corrected chi connectivity index (χ1v) is 11.0. The molecule has 0 saturated carbocycles. The van der Waals surface area contributed by atoms with Crippen LogP contribution >= 0.6 is 0 Å². The Balaban J connectivity index is 1.81. The van der Waals surface area contributed by atoms with Crippen LogP contribution in [-0.2, 0) is 27.1 Å². The highest BCUT2D eigenvalue weighted by atomic mass is 16.5. The van der Waals surface area contributed by atoms with Crippen LogP contribution in [0.2, 0.25) is 0 Å². The van der Waals surface area contributed by atoms with Crippen LogP contribution in [0, 0.1) is 6.92 Å². The molecule has 0 unspecified atom stereocenters. The third-order valence-electron chi connectivity index (χ3n) is 5.22. The second-order valence-electron chi connectivity index (χ2n) is 7.57. The van der Waals surface area contributed by atoms with Crippen LogP contribution in [0.3, 0.4) is 0 Å². The van der Waals surface area contributed by atoms with Gasteiger partial charge in [0, 0.05) is 36.2 Å². The normalized spacial score (nSPS) is 10.6. The van der Waals surface area contributed by atoms with E-state index in [0.29, 0.717) is 13.0 Å². The average Bonchev–Trinajstić information content (AvgIpc) is 2.82. The Kier molecular flexibility index (Phi) is 8.64. The van der Waals surface area contributed by atoms with Gasteiger partial charge in [0.2, 0.25) is 0 Å². The SMILES string of the molecule is C=CC(=O)OCCc1ccc(N(c2ccc(C)cc2)c2ccc(CCOCC)cc2)cc1. The Bertz CT molecular complexity index is 992. The molecule has 0 aliphatic heterocycles. The maximum atomic E-state index is 11.2. The van der Waals surface area contributed by atoms with E-state index < -0.39 is 5.97 Å². The second kappa shape index (κ2) is 11.9. The molecule has 0 heterocycles. The zero-order chi connectivity index (χ0) is 22.8. The van der Waals surface area contributed by atoms with Gasteiger partial charge >= 0.3 is 5.97 Å². The van der Waals surface area contributed by atoms with Gasteiger partial charge in [0.15, 0.2) is 0 Å². The first-order chi connectivity index (χ1) is 15.6. The molecule has 0 aliphatic rings. The maximum Gasteiger partial charge on any atom is 0.330 e. The molecule has 0 aliphatic carbocycles. The third-order valence-corrected chi connectivity index (χ3v) is 5.22. The minimum atomic E-state index is -0.392. The lowest BCUT2D eigenvalue weighted by atomic mass is 10.1. The number of esters is 1. The predicted molar refractivity (Wildman–Crippen MR) is 131 cm³/mol. The maximum absolute atomic E-state index is 11.2. The number of carbonyl (C=O) groups is 1. The Hall–Kier alpha value is -3.37. The summed E-state index contributed by atoms with van der Waals surface area (Å²) in [4.78, 5) is 13.5. The lowest BCUT2D eigenvalue weighted by Gasteiger charge is -2.26. The van der Waals surface area contributed by atoms with Gasteiger partial charge in [-0.2, -0.15) is 0 Å². The molecular formula is C28H31NO3. The van der Waals surface area contributed by atoms with E-state index in [4.69, 9.17) is 9.47 Å². The zero-order valence-electron chi connectivity index (χ0n) is 18.9. The highest BCUT2D eigenvalue weighted by molar-refractivity contribution is 5.81. The molecule has 32 heavy (non-hydrogen) atoms. The number of anilines is 3. The van der Waals surface area contributed by atoms with Gasteiger partial charge < -0.3 is 14.4 Å². The van der Waals surface area contributed by atoms with Crippen molar-refractivity contribution in [2.75, 3.05) is 24.7 Å². The molecule has 4 nitrogen and oxygen atoms in total. The minimum absolute atomic E-state index is 0.342. The summed E-state index contributed by atoms with van der Waals surface area (Å²) in [6.07, 6.45) is 2.76. The summed E-state index contributed by atoms with van der Waals surface area (Å²) in [5.74, 6) is -0.392. The highest BCUT2D eigenvalue weighted by Gasteiger charge is 2.12. The van der Waals surface area contributed by atoms with Gasteiger partial charge in [-0.25, -0.2) is 4.79 Å². The molecule has 0 spiro atoms. The van der Waals surface area contributed by atoms with Crippen molar-refractivity contribution in [3.05, 3.63) is 102 Å². The molecule has 4 heteroatoms. The van der Waals surface area contributed by atoms with E-state index in [9.17, 15) is 4.79 Å². The van der Waals surface area contributed by atoms with Crippen molar-refractivity contribution in [2.45, 2.75) is 26.7 Å². The van der Waals surface area contributed by atoms with Crippen LogP contribution in [0.4, 0.5) is 17.1 Å². The fourth-order valence-electron chi connectivity index (χ4n) is 3.43. The van der Waals surface area contributed by atoms with Crippen molar-refractivity contribution in [3.63, 3.8) is 0 Å². The topological polar surface area (TPSA) is 38.8 Å². The standard InChI is InChI=1S/C28H31NO3/c1-4-28(30)32-21-19-24-10-16-27(17-11-24)29(25-12-6-22(3)7-13-25)26-14-8-23(9-15-26)18-20-31-5-2/h4,6-17H,1,5,18-21H2,2-3H3. The monoisotopic (exact) mass is 429 g/mol. The van der Waals surface area contributed by atoms with E-state index in [1.165, 1.54) is 17.2 Å². The van der Waals surface area contributed by atoms with Crippen molar-refractivity contribution >= 4 is 23.0 Å². The first kappa shape index (κ1) is 23.3. The average molecular weight is 430 g/mol. The molecule has 0 saturated heterocycles. The molecule has 3 aromatic rings. The third kappa shape index (κ3) is 6.56. The number of aryl methyl sites for hydroxylation is 1. The van der Waals surface area contributed by atoms with Gasteiger partial charge in [0.05, 0.1) is 13.2 Å². The van der Waals surface area contributed by atoms with E-state index in [-0.39, 0.29) is 0 Å². The number of nitrogens with zero attached hydrogens (tertiary/aromatic N) is 1. The Labute approximate surface area is 191 Å². The summed E-state index contributed by atoms with van der Waals surface area (Å²) in [5, 5.41) is 0. The van der Waals surface area contributed by atoms with Crippen LogP contribution in [0.25, 0.3) is 0 Å². The molecule has 0 N–H and O–H groups in total. The summed E-state index contributed by atoms with van der Waals surface area (Å²) in [6.45, 7) is 9.35. The van der Waals surface area contributed by atoms with Crippen molar-refractivity contribution in [1.82, 2.24) is 0 Å². The zero-order valence-corrected chi connectivity index (χ0v) is 18.9. The number of ether oxygens (including phenoxy) is 2. The largest absolute Gasteiger partial charge is 0.462 e. The lowest BCUT2D eigenvalue weighted by Crippen LogP contribution is -2.10. The molecular weight excluding hydrogens is 398 g/mol. The number of benzene rings is 3. The Morgan fingerprint density at radius 2 is 1.28 bits per heavy atom. The quantitative estimate of drug-likeness (QED) is 0.203. The second-order valence-corrected chi connectivity index (χ2v) is 7.57. The number of hydrogen-bond donors (Lipinski definition) is 0. The molecule has 0 amide bonds. The number of rotatable bonds is 11. The Morgan fingerprint density at radius 3 is 1.75 bits per heavy atom. The first-order valence-electron chi connectivity index (χ1n) is 11.0. The van der Waals surface area contributed by atoms with Gasteiger partial charge in [-0.3, -0.25) is 0 Å². The summed E-state index contributed by atoms with van der Waals surface area (Å²) >= 11 is 0. The van der Waals surface area contributed by atoms with Gasteiger partial charge in [0.1, 0.15) is 0 Å². The molecule has 166 valence electrons. The summed E-state index contributed by atoms with van der Waals surface area (Å²) in [5.41, 5.74) is 6.87. The van der Waals surface area contributed by atoms with Gasteiger partial charge in [-0.15, -0.1) is 0 Å². The Morgan fingerprint density at radius 1 is 0.812 bits per heavy atom. The summed E-state index contributed by atoms with van der Waals surface area (Å²) in [7, 11) is 0. The van der Waals surface area contributed by atoms with Crippen LogP contribution < -0.4 is 4.90 Å². The molecule has 3 rings (SSSR count). The molecule has 0 aromatic heterocycles. The summed E-state index contributed by atoms with van der Waals surface area (Å²) in [6, 6.07) is 25.5. The number of hydrogen-bond acceptors (Lipinski definition) is 4. The van der Waals surface area contributed by atoms with Gasteiger partial charge in [-0.1, -0.05) is 48.5 Å². The lowest BCUT2D eigenvalue weighted by molar-refractivity contribution is -0.137. The van der Waals surface area contributed by atoms with Crippen molar-refractivity contribution in [1.29, 1.82) is 0 Å². The van der Waals surface area contributed by atoms with Crippen molar-refractivity contribution in [3.8, 4) is 0 Å². The van der Waals surface area contributed by atoms with E-state index in [1.807, 2.05) is 6.92 Å². The predicted octanol–water partition coefficient (Wildman–Crippen LogP) is 6.32. The van der Waals surface area contributed by atoms with Crippen LogP contribution in [0.15, 0.2) is 85.5 Å². The molecule has 0 atom stereocenters. The van der Waals surface area contributed by atoms with Gasteiger partial charge in [0.25, 0.3) is 0 Å². The van der Waals surface area contributed by atoms with E-state index in [2.05, 4.69) is 91.2 Å². The van der Waals surface area contributed by atoms with Crippen molar-refractivity contribution in [2.24, 2.45) is 0 Å². The number of carbonyl (C=O) groups excluding carboxylic acids is 1. The van der Waals surface area contributed by atoms with Gasteiger partial charge in [-0.05, 0) is 67.8 Å². The molecule has 0 radical (unpaired) electrons. The smallest absolute Gasteiger partial charge is 0.330 e. The van der Waals surface area contributed by atoms with Crippen LogP contribution in [0.1, 0.15) is 23.6 Å². The van der Waals surface area contributed by atoms with Crippen molar-refractivity contribution < 1.29 is 14.3 Å². The van der Waals surface area contributed by atoms with E-state index >= 15 is 0 Å². The van der Waals surface area contributed by atoms with E-state index in [1.54, 1.807) is 0 Å². The fraction of sp³-hybridized carbons (Fsp3) is 0.250. The molecule has 3 aromatic carbocycles. The van der Waals surface area contributed by atoms with E-state index in [0.717, 1.165) is 42.3 Å². The van der Waals surface area contributed by atoms with Crippen LogP contribution in [-0.4, -0.2) is 25.8 Å². The molecule has 0 bridgehead atoms.